The Morgan fingerprint density at radius 3 is 2.64 bits per heavy atom. The van der Waals surface area contributed by atoms with Gasteiger partial charge in [-0.3, -0.25) is 0 Å². The number of nitrogens with two attached hydrogens (primary N) is 3. The van der Waals surface area contributed by atoms with Crippen molar-refractivity contribution in [1.82, 2.24) is 4.98 Å². The highest BCUT2D eigenvalue weighted by Gasteiger charge is 2.12. The SMILES string of the molecule is CO/C(N)=C/c1ccc(-c2nc(C#N)ccc2C(C=N)=CN)cc1N. The lowest BCUT2D eigenvalue weighted by Crippen LogP contribution is -2.01. The monoisotopic (exact) mass is 334 g/mol. The van der Waals surface area contributed by atoms with Crippen LogP contribution in [-0.2, 0) is 4.74 Å². The first-order valence-corrected chi connectivity index (χ1v) is 7.29. The molecular formula is C18H18N6O. The maximum absolute atomic E-state index is 9.12. The van der Waals surface area contributed by atoms with Gasteiger partial charge in [0, 0.05) is 46.4 Å². The molecule has 0 spiro atoms. The topological polar surface area (TPSA) is 148 Å². The van der Waals surface area contributed by atoms with Gasteiger partial charge in [0.25, 0.3) is 0 Å². The van der Waals surface area contributed by atoms with Gasteiger partial charge in [-0.1, -0.05) is 12.1 Å². The van der Waals surface area contributed by atoms with E-state index >= 15 is 0 Å². The average Bonchev–Trinajstić information content (AvgIpc) is 2.64. The normalized spacial score (nSPS) is 11.7. The van der Waals surface area contributed by atoms with E-state index in [1.807, 2.05) is 6.07 Å². The van der Waals surface area contributed by atoms with E-state index in [1.165, 1.54) is 13.3 Å². The van der Waals surface area contributed by atoms with Crippen LogP contribution in [0.25, 0.3) is 22.9 Å². The summed E-state index contributed by atoms with van der Waals surface area (Å²) in [5, 5.41) is 16.6. The van der Waals surface area contributed by atoms with Crippen LogP contribution in [0.15, 0.2) is 42.4 Å². The standard InChI is InChI=1S/C18H18N6O/c1-25-17(23)7-11-2-3-12(6-16(11)22)18-15(13(8-19)9-20)5-4-14(10-21)24-18/h2-9,19H,20,22-23H2,1H3/b13-9?,17-7+,19-8?. The Bertz CT molecular complexity index is 908. The third kappa shape index (κ3) is 3.76. The maximum atomic E-state index is 9.12. The number of benzene rings is 1. The molecule has 25 heavy (non-hydrogen) atoms. The van der Waals surface area contributed by atoms with E-state index in [9.17, 15) is 0 Å². The van der Waals surface area contributed by atoms with Gasteiger partial charge in [0.2, 0.25) is 0 Å². The Balaban J connectivity index is 2.63. The summed E-state index contributed by atoms with van der Waals surface area (Å²) in [6.45, 7) is 0. The van der Waals surface area contributed by atoms with Crippen molar-refractivity contribution in [3.8, 4) is 17.3 Å². The number of methoxy groups -OCH3 is 1. The average molecular weight is 334 g/mol. The van der Waals surface area contributed by atoms with Crippen molar-refractivity contribution in [3.05, 3.63) is 59.2 Å². The summed E-state index contributed by atoms with van der Waals surface area (Å²) in [5.74, 6) is 0.238. The van der Waals surface area contributed by atoms with Crippen molar-refractivity contribution in [1.29, 1.82) is 10.7 Å². The van der Waals surface area contributed by atoms with Gasteiger partial charge in [-0.05, 0) is 18.2 Å². The van der Waals surface area contributed by atoms with Crippen LogP contribution in [0.5, 0.6) is 0 Å². The molecule has 0 radical (unpaired) electrons. The molecule has 0 saturated carbocycles. The van der Waals surface area contributed by atoms with Crippen molar-refractivity contribution in [2.45, 2.75) is 0 Å². The van der Waals surface area contributed by atoms with Crippen LogP contribution in [0.1, 0.15) is 16.8 Å². The fourth-order valence-electron chi connectivity index (χ4n) is 2.26. The maximum Gasteiger partial charge on any atom is 0.184 e. The molecule has 2 rings (SSSR count). The van der Waals surface area contributed by atoms with E-state index in [4.69, 9.17) is 32.6 Å². The molecule has 7 heteroatoms. The first-order chi connectivity index (χ1) is 12.0. The van der Waals surface area contributed by atoms with Crippen LogP contribution < -0.4 is 17.2 Å². The summed E-state index contributed by atoms with van der Waals surface area (Å²) in [7, 11) is 1.47. The van der Waals surface area contributed by atoms with E-state index in [2.05, 4.69) is 4.98 Å². The molecule has 7 N–H and O–H groups in total. The smallest absolute Gasteiger partial charge is 0.184 e. The van der Waals surface area contributed by atoms with Gasteiger partial charge < -0.3 is 27.3 Å². The molecular weight excluding hydrogens is 316 g/mol. The number of hydrogen-bond donors (Lipinski definition) is 4. The third-order valence-corrected chi connectivity index (χ3v) is 3.55. The number of nitrogens with zero attached hydrogens (tertiary/aromatic N) is 2. The first kappa shape index (κ1) is 17.6. The second-order valence-corrected chi connectivity index (χ2v) is 5.07. The lowest BCUT2D eigenvalue weighted by Gasteiger charge is -2.11. The number of pyridine rings is 1. The van der Waals surface area contributed by atoms with Crippen molar-refractivity contribution >= 4 is 23.6 Å². The summed E-state index contributed by atoms with van der Waals surface area (Å²) in [5.41, 5.74) is 21.1. The highest BCUT2D eigenvalue weighted by atomic mass is 16.5. The molecule has 1 aromatic heterocycles. The van der Waals surface area contributed by atoms with Gasteiger partial charge in [-0.25, -0.2) is 4.98 Å². The number of nitrogen functional groups attached to an aromatic ring is 1. The number of ether oxygens (including phenoxy) is 1. The van der Waals surface area contributed by atoms with Crippen LogP contribution in [0.4, 0.5) is 5.69 Å². The number of aromatic nitrogens is 1. The molecule has 0 saturated heterocycles. The second-order valence-electron chi connectivity index (χ2n) is 5.07. The molecule has 0 amide bonds. The van der Waals surface area contributed by atoms with Crippen molar-refractivity contribution < 1.29 is 4.74 Å². The van der Waals surface area contributed by atoms with Gasteiger partial charge in [0.05, 0.1) is 12.8 Å². The molecule has 1 aromatic carbocycles. The summed E-state index contributed by atoms with van der Waals surface area (Å²) in [6, 6.07) is 10.6. The molecule has 7 nitrogen and oxygen atoms in total. The van der Waals surface area contributed by atoms with Gasteiger partial charge in [0.15, 0.2) is 5.88 Å². The number of allylic oxidation sites excluding steroid dienone is 1. The number of rotatable bonds is 5. The zero-order chi connectivity index (χ0) is 18.4. The summed E-state index contributed by atoms with van der Waals surface area (Å²) in [6.07, 6.45) is 4.06. The second kappa shape index (κ2) is 7.66. The molecule has 0 aliphatic carbocycles. The minimum atomic E-state index is 0.238. The number of nitrogens with one attached hydrogen (secondary N) is 1. The first-order valence-electron chi connectivity index (χ1n) is 7.29. The molecule has 0 unspecified atom stereocenters. The van der Waals surface area contributed by atoms with E-state index in [0.29, 0.717) is 33.6 Å². The van der Waals surface area contributed by atoms with Crippen LogP contribution in [0.2, 0.25) is 0 Å². The molecule has 0 bridgehead atoms. The summed E-state index contributed by atoms with van der Waals surface area (Å²) < 4.78 is 4.92. The Morgan fingerprint density at radius 2 is 2.08 bits per heavy atom. The zero-order valence-electron chi connectivity index (χ0n) is 13.7. The van der Waals surface area contributed by atoms with E-state index in [-0.39, 0.29) is 11.6 Å². The molecule has 126 valence electrons. The highest BCUT2D eigenvalue weighted by Crippen LogP contribution is 2.29. The number of anilines is 1. The van der Waals surface area contributed by atoms with Crippen LogP contribution >= 0.6 is 0 Å². The lowest BCUT2D eigenvalue weighted by molar-refractivity contribution is 0.291. The van der Waals surface area contributed by atoms with Crippen molar-refractivity contribution in [2.24, 2.45) is 11.5 Å². The Labute approximate surface area is 145 Å². The molecule has 1 heterocycles. The summed E-state index contributed by atoms with van der Waals surface area (Å²) >= 11 is 0. The molecule has 0 atom stereocenters. The fraction of sp³-hybridized carbons (Fsp3) is 0.0556. The Kier molecular flexibility index (Phi) is 5.38. The van der Waals surface area contributed by atoms with Gasteiger partial charge >= 0.3 is 0 Å². The minimum absolute atomic E-state index is 0.238. The van der Waals surface area contributed by atoms with E-state index in [1.54, 1.807) is 36.4 Å². The molecule has 2 aromatic rings. The minimum Gasteiger partial charge on any atom is -0.483 e. The van der Waals surface area contributed by atoms with Crippen LogP contribution in [-0.4, -0.2) is 18.3 Å². The predicted molar refractivity (Wildman–Crippen MR) is 98.9 cm³/mol. The molecule has 0 aliphatic heterocycles. The van der Waals surface area contributed by atoms with Gasteiger partial charge in [-0.15, -0.1) is 0 Å². The quantitative estimate of drug-likeness (QED) is 0.373. The predicted octanol–water partition coefficient (Wildman–Crippen LogP) is 2.06. The largest absolute Gasteiger partial charge is 0.483 e. The number of hydrogen-bond acceptors (Lipinski definition) is 7. The Hall–Kier alpha value is -3.79. The lowest BCUT2D eigenvalue weighted by atomic mass is 9.98. The van der Waals surface area contributed by atoms with Crippen molar-refractivity contribution in [2.75, 3.05) is 12.8 Å². The third-order valence-electron chi connectivity index (χ3n) is 3.55. The zero-order valence-corrected chi connectivity index (χ0v) is 13.7. The van der Waals surface area contributed by atoms with Crippen LogP contribution in [0.3, 0.4) is 0 Å². The van der Waals surface area contributed by atoms with E-state index in [0.717, 1.165) is 6.21 Å². The van der Waals surface area contributed by atoms with E-state index < -0.39 is 0 Å². The molecule has 0 fully saturated rings. The van der Waals surface area contributed by atoms with Crippen LogP contribution in [0, 0.1) is 16.7 Å². The number of nitriles is 1. The summed E-state index contributed by atoms with van der Waals surface area (Å²) in [4.78, 5) is 4.34. The van der Waals surface area contributed by atoms with Gasteiger partial charge in [0.1, 0.15) is 11.8 Å². The van der Waals surface area contributed by atoms with Gasteiger partial charge in [-0.2, -0.15) is 5.26 Å². The fourth-order valence-corrected chi connectivity index (χ4v) is 2.26. The molecule has 0 aliphatic rings. The Morgan fingerprint density at radius 1 is 1.32 bits per heavy atom. The highest BCUT2D eigenvalue weighted by molar-refractivity contribution is 6.10. The van der Waals surface area contributed by atoms with Crippen molar-refractivity contribution in [3.63, 3.8) is 0 Å².